The standard InChI is InChI=1S/C17H17N5O2/c1-13(14-5-3-2-4-6-14)19-17(23)11-24-16-9-7-15(8-10-16)22-12-18-20-21-22/h2-10,12-13H,11H2,1H3,(H,19,23). The van der Waals surface area contributed by atoms with Crippen molar-refractivity contribution in [2.24, 2.45) is 0 Å². The summed E-state index contributed by atoms with van der Waals surface area (Å²) in [4.78, 5) is 12.0. The van der Waals surface area contributed by atoms with Gasteiger partial charge in [-0.1, -0.05) is 30.3 Å². The van der Waals surface area contributed by atoms with Crippen LogP contribution in [0.25, 0.3) is 5.69 Å². The SMILES string of the molecule is CC(NC(=O)COc1ccc(-n2cnnn2)cc1)c1ccccc1. The Morgan fingerprint density at radius 2 is 1.92 bits per heavy atom. The molecule has 0 radical (unpaired) electrons. The zero-order valence-electron chi connectivity index (χ0n) is 13.2. The largest absolute Gasteiger partial charge is 0.484 e. The number of tetrazole rings is 1. The molecule has 3 rings (SSSR count). The van der Waals surface area contributed by atoms with E-state index in [-0.39, 0.29) is 18.6 Å². The minimum atomic E-state index is -0.170. The zero-order valence-corrected chi connectivity index (χ0v) is 13.2. The van der Waals surface area contributed by atoms with Crippen molar-refractivity contribution in [2.75, 3.05) is 6.61 Å². The second-order valence-electron chi connectivity index (χ2n) is 5.24. The van der Waals surface area contributed by atoms with E-state index in [4.69, 9.17) is 4.74 Å². The minimum Gasteiger partial charge on any atom is -0.484 e. The molecule has 122 valence electrons. The molecule has 2 aromatic carbocycles. The fraction of sp³-hybridized carbons (Fsp3) is 0.176. The van der Waals surface area contributed by atoms with Gasteiger partial charge in [-0.3, -0.25) is 4.79 Å². The molecule has 0 aliphatic rings. The van der Waals surface area contributed by atoms with E-state index in [1.807, 2.05) is 49.4 Å². The Balaban J connectivity index is 1.51. The number of hydrogen-bond donors (Lipinski definition) is 1. The lowest BCUT2D eigenvalue weighted by Gasteiger charge is -2.14. The Morgan fingerprint density at radius 1 is 1.17 bits per heavy atom. The smallest absolute Gasteiger partial charge is 0.258 e. The lowest BCUT2D eigenvalue weighted by atomic mass is 10.1. The summed E-state index contributed by atoms with van der Waals surface area (Å²) in [5.41, 5.74) is 1.87. The highest BCUT2D eigenvalue weighted by atomic mass is 16.5. The van der Waals surface area contributed by atoms with Gasteiger partial charge < -0.3 is 10.1 Å². The molecule has 24 heavy (non-hydrogen) atoms. The van der Waals surface area contributed by atoms with Crippen molar-refractivity contribution in [1.29, 1.82) is 0 Å². The van der Waals surface area contributed by atoms with Crippen LogP contribution in [0.4, 0.5) is 0 Å². The molecule has 0 saturated heterocycles. The topological polar surface area (TPSA) is 81.9 Å². The first kappa shape index (κ1) is 15.7. The highest BCUT2D eigenvalue weighted by Crippen LogP contribution is 2.14. The van der Waals surface area contributed by atoms with Crippen LogP contribution < -0.4 is 10.1 Å². The van der Waals surface area contributed by atoms with Crippen molar-refractivity contribution in [3.8, 4) is 11.4 Å². The maximum Gasteiger partial charge on any atom is 0.258 e. The molecule has 1 unspecified atom stereocenters. The predicted octanol–water partition coefficient (Wildman–Crippen LogP) is 1.92. The summed E-state index contributed by atoms with van der Waals surface area (Å²) in [6.45, 7) is 1.90. The van der Waals surface area contributed by atoms with Gasteiger partial charge in [0.2, 0.25) is 0 Å². The van der Waals surface area contributed by atoms with Gasteiger partial charge in [-0.15, -0.1) is 5.10 Å². The first-order valence-electron chi connectivity index (χ1n) is 7.53. The molecule has 1 heterocycles. The highest BCUT2D eigenvalue weighted by Gasteiger charge is 2.09. The van der Waals surface area contributed by atoms with E-state index >= 15 is 0 Å². The molecule has 0 saturated carbocycles. The van der Waals surface area contributed by atoms with E-state index in [1.165, 1.54) is 11.0 Å². The van der Waals surface area contributed by atoms with E-state index in [1.54, 1.807) is 12.1 Å². The number of nitrogens with one attached hydrogen (secondary N) is 1. The molecule has 3 aromatic rings. The number of nitrogens with zero attached hydrogens (tertiary/aromatic N) is 4. The molecule has 7 nitrogen and oxygen atoms in total. The Bertz CT molecular complexity index is 773. The first-order chi connectivity index (χ1) is 11.7. The molecule has 1 atom stereocenters. The van der Waals surface area contributed by atoms with Crippen LogP contribution in [0.15, 0.2) is 60.9 Å². The maximum atomic E-state index is 12.0. The van der Waals surface area contributed by atoms with Crippen molar-refractivity contribution in [2.45, 2.75) is 13.0 Å². The number of ether oxygens (including phenoxy) is 1. The van der Waals surface area contributed by atoms with Gasteiger partial charge in [-0.25, -0.2) is 4.68 Å². The Kier molecular flexibility index (Phi) is 4.81. The number of hydrogen-bond acceptors (Lipinski definition) is 5. The van der Waals surface area contributed by atoms with Crippen LogP contribution in [-0.2, 0) is 4.79 Å². The van der Waals surface area contributed by atoms with Gasteiger partial charge in [0.15, 0.2) is 6.61 Å². The second kappa shape index (κ2) is 7.36. The molecule has 1 aromatic heterocycles. The lowest BCUT2D eigenvalue weighted by molar-refractivity contribution is -0.123. The normalized spacial score (nSPS) is 11.7. The molecular weight excluding hydrogens is 306 g/mol. The van der Waals surface area contributed by atoms with Crippen LogP contribution in [0.5, 0.6) is 5.75 Å². The third-order valence-electron chi connectivity index (χ3n) is 3.50. The number of carbonyl (C=O) groups is 1. The van der Waals surface area contributed by atoms with Gasteiger partial charge in [0.05, 0.1) is 11.7 Å². The molecule has 0 fully saturated rings. The summed E-state index contributed by atoms with van der Waals surface area (Å²) < 4.78 is 7.04. The van der Waals surface area contributed by atoms with E-state index < -0.39 is 0 Å². The number of amides is 1. The van der Waals surface area contributed by atoms with E-state index in [0.717, 1.165) is 11.3 Å². The molecule has 0 bridgehead atoms. The Labute approximate surface area is 139 Å². The first-order valence-corrected chi connectivity index (χ1v) is 7.53. The van der Waals surface area contributed by atoms with Gasteiger partial charge in [0.1, 0.15) is 12.1 Å². The molecular formula is C17H17N5O2. The quantitative estimate of drug-likeness (QED) is 0.749. The van der Waals surface area contributed by atoms with Gasteiger partial charge in [0.25, 0.3) is 5.91 Å². The Hall–Kier alpha value is -3.22. The third-order valence-corrected chi connectivity index (χ3v) is 3.50. The summed E-state index contributed by atoms with van der Waals surface area (Å²) in [6.07, 6.45) is 1.51. The zero-order chi connectivity index (χ0) is 16.8. The summed E-state index contributed by atoms with van der Waals surface area (Å²) in [5, 5.41) is 13.9. The third kappa shape index (κ3) is 3.95. The average Bonchev–Trinajstić information content (AvgIpc) is 3.16. The Morgan fingerprint density at radius 3 is 2.58 bits per heavy atom. The summed E-state index contributed by atoms with van der Waals surface area (Å²) in [6, 6.07) is 16.9. The average molecular weight is 323 g/mol. The molecule has 1 N–H and O–H groups in total. The van der Waals surface area contributed by atoms with Crippen molar-refractivity contribution < 1.29 is 9.53 Å². The van der Waals surface area contributed by atoms with Crippen LogP contribution in [0.2, 0.25) is 0 Å². The van der Waals surface area contributed by atoms with Crippen molar-refractivity contribution in [3.63, 3.8) is 0 Å². The van der Waals surface area contributed by atoms with Gasteiger partial charge in [-0.05, 0) is 47.2 Å². The van der Waals surface area contributed by atoms with E-state index in [2.05, 4.69) is 20.8 Å². The van der Waals surface area contributed by atoms with Crippen LogP contribution in [-0.4, -0.2) is 32.7 Å². The van der Waals surface area contributed by atoms with Gasteiger partial charge >= 0.3 is 0 Å². The van der Waals surface area contributed by atoms with Gasteiger partial charge in [0, 0.05) is 0 Å². The fourth-order valence-electron chi connectivity index (χ4n) is 2.23. The van der Waals surface area contributed by atoms with Crippen LogP contribution in [0.3, 0.4) is 0 Å². The minimum absolute atomic E-state index is 0.0403. The maximum absolute atomic E-state index is 12.0. The molecule has 0 spiro atoms. The molecule has 1 amide bonds. The van der Waals surface area contributed by atoms with Crippen LogP contribution >= 0.6 is 0 Å². The monoisotopic (exact) mass is 323 g/mol. The lowest BCUT2D eigenvalue weighted by Crippen LogP contribution is -2.31. The van der Waals surface area contributed by atoms with Crippen LogP contribution in [0.1, 0.15) is 18.5 Å². The molecule has 7 heteroatoms. The van der Waals surface area contributed by atoms with Crippen molar-refractivity contribution in [1.82, 2.24) is 25.5 Å². The van der Waals surface area contributed by atoms with Crippen LogP contribution in [0, 0.1) is 0 Å². The van der Waals surface area contributed by atoms with Crippen molar-refractivity contribution >= 4 is 5.91 Å². The van der Waals surface area contributed by atoms with E-state index in [0.29, 0.717) is 5.75 Å². The summed E-state index contributed by atoms with van der Waals surface area (Å²) in [5.74, 6) is 0.435. The number of carbonyl (C=O) groups excluding carboxylic acids is 1. The second-order valence-corrected chi connectivity index (χ2v) is 5.24. The summed E-state index contributed by atoms with van der Waals surface area (Å²) in [7, 11) is 0. The molecule has 0 aliphatic carbocycles. The van der Waals surface area contributed by atoms with Crippen molar-refractivity contribution in [3.05, 3.63) is 66.5 Å². The number of benzene rings is 2. The fourth-order valence-corrected chi connectivity index (χ4v) is 2.23. The van der Waals surface area contributed by atoms with Gasteiger partial charge in [-0.2, -0.15) is 0 Å². The number of rotatable bonds is 6. The van der Waals surface area contributed by atoms with E-state index in [9.17, 15) is 4.79 Å². The number of aromatic nitrogens is 4. The highest BCUT2D eigenvalue weighted by molar-refractivity contribution is 5.78. The summed E-state index contributed by atoms with van der Waals surface area (Å²) >= 11 is 0. The predicted molar refractivity (Wildman–Crippen MR) is 87.6 cm³/mol. The molecule has 0 aliphatic heterocycles.